The number of esters is 1. The summed E-state index contributed by atoms with van der Waals surface area (Å²) < 4.78 is 10.4. The quantitative estimate of drug-likeness (QED) is 0.755. The lowest BCUT2D eigenvalue weighted by Crippen LogP contribution is -2.26. The van der Waals surface area contributed by atoms with Crippen molar-refractivity contribution in [2.24, 2.45) is 0 Å². The first-order chi connectivity index (χ1) is 10.5. The maximum atomic E-state index is 11.9. The molecule has 22 heavy (non-hydrogen) atoms. The SMILES string of the molecule is CCCC(=O)OCC1CN(c2ccc(C(C)C)cc2)C(=O)O1. The monoisotopic (exact) mass is 305 g/mol. The summed E-state index contributed by atoms with van der Waals surface area (Å²) >= 11 is 0. The molecule has 1 fully saturated rings. The second-order valence-electron chi connectivity index (χ2n) is 5.80. The fraction of sp³-hybridized carbons (Fsp3) is 0.529. The smallest absolute Gasteiger partial charge is 0.414 e. The molecular weight excluding hydrogens is 282 g/mol. The second kappa shape index (κ2) is 7.29. The number of rotatable bonds is 6. The molecule has 0 saturated carbocycles. The first kappa shape index (κ1) is 16.3. The summed E-state index contributed by atoms with van der Waals surface area (Å²) in [5, 5.41) is 0. The van der Waals surface area contributed by atoms with Crippen LogP contribution in [0.3, 0.4) is 0 Å². The van der Waals surface area contributed by atoms with Crippen LogP contribution < -0.4 is 4.90 Å². The summed E-state index contributed by atoms with van der Waals surface area (Å²) in [5.41, 5.74) is 2.03. The van der Waals surface area contributed by atoms with E-state index in [1.54, 1.807) is 4.90 Å². The minimum atomic E-state index is -0.405. The molecule has 0 aromatic heterocycles. The van der Waals surface area contributed by atoms with Gasteiger partial charge in [-0.25, -0.2) is 4.79 Å². The zero-order valence-electron chi connectivity index (χ0n) is 13.4. The molecule has 120 valence electrons. The Morgan fingerprint density at radius 2 is 2.05 bits per heavy atom. The maximum Gasteiger partial charge on any atom is 0.414 e. The van der Waals surface area contributed by atoms with Gasteiger partial charge in [0, 0.05) is 12.1 Å². The standard InChI is InChI=1S/C17H23NO4/c1-4-5-16(19)21-11-15-10-18(17(20)22-15)14-8-6-13(7-9-14)12(2)3/h6-9,12,15H,4-5,10-11H2,1-3H3. The summed E-state index contributed by atoms with van der Waals surface area (Å²) in [5.74, 6) is 0.198. The molecule has 1 amide bonds. The van der Waals surface area contributed by atoms with Gasteiger partial charge in [0.2, 0.25) is 0 Å². The lowest BCUT2D eigenvalue weighted by atomic mass is 10.0. The van der Waals surface area contributed by atoms with Crippen molar-refractivity contribution >= 4 is 17.7 Å². The number of anilines is 1. The fourth-order valence-electron chi connectivity index (χ4n) is 2.32. The van der Waals surface area contributed by atoms with Crippen LogP contribution in [-0.4, -0.2) is 31.3 Å². The fourth-order valence-corrected chi connectivity index (χ4v) is 2.32. The molecule has 0 spiro atoms. The molecule has 5 nitrogen and oxygen atoms in total. The highest BCUT2D eigenvalue weighted by atomic mass is 16.6. The van der Waals surface area contributed by atoms with Gasteiger partial charge in [0.05, 0.1) is 6.54 Å². The molecule has 0 aliphatic carbocycles. The summed E-state index contributed by atoms with van der Waals surface area (Å²) in [6, 6.07) is 7.87. The molecule has 0 radical (unpaired) electrons. The molecule has 2 rings (SSSR count). The Balaban J connectivity index is 1.93. The molecular formula is C17H23NO4. The van der Waals surface area contributed by atoms with Gasteiger partial charge in [0.15, 0.2) is 6.10 Å². The van der Waals surface area contributed by atoms with Crippen molar-refractivity contribution in [2.45, 2.75) is 45.6 Å². The van der Waals surface area contributed by atoms with E-state index in [1.165, 1.54) is 5.56 Å². The Morgan fingerprint density at radius 1 is 1.36 bits per heavy atom. The molecule has 1 aliphatic rings. The Hall–Kier alpha value is -2.04. The first-order valence-corrected chi connectivity index (χ1v) is 7.75. The summed E-state index contributed by atoms with van der Waals surface area (Å²) in [4.78, 5) is 24.9. The zero-order valence-corrected chi connectivity index (χ0v) is 13.4. The van der Waals surface area contributed by atoms with Crippen molar-refractivity contribution in [2.75, 3.05) is 18.1 Å². The van der Waals surface area contributed by atoms with E-state index in [9.17, 15) is 9.59 Å². The third kappa shape index (κ3) is 4.00. The van der Waals surface area contributed by atoms with Crippen molar-refractivity contribution in [3.63, 3.8) is 0 Å². The average molecular weight is 305 g/mol. The Bertz CT molecular complexity index is 524. The van der Waals surface area contributed by atoms with Crippen LogP contribution in [0.1, 0.15) is 45.1 Å². The third-order valence-electron chi connectivity index (χ3n) is 3.63. The Labute approximate surface area is 131 Å². The number of ether oxygens (including phenoxy) is 2. The van der Waals surface area contributed by atoms with Gasteiger partial charge in [0.1, 0.15) is 6.61 Å². The van der Waals surface area contributed by atoms with Gasteiger partial charge in [-0.15, -0.1) is 0 Å². The number of cyclic esters (lactones) is 1. The van der Waals surface area contributed by atoms with E-state index in [2.05, 4.69) is 13.8 Å². The van der Waals surface area contributed by atoms with E-state index in [0.29, 0.717) is 18.9 Å². The number of amides is 1. The minimum Gasteiger partial charge on any atom is -0.462 e. The Morgan fingerprint density at radius 3 is 2.64 bits per heavy atom. The van der Waals surface area contributed by atoms with Gasteiger partial charge in [-0.2, -0.15) is 0 Å². The van der Waals surface area contributed by atoms with E-state index in [4.69, 9.17) is 9.47 Å². The molecule has 1 aromatic carbocycles. The summed E-state index contributed by atoms with van der Waals surface area (Å²) in [6.45, 7) is 6.68. The highest BCUT2D eigenvalue weighted by Gasteiger charge is 2.33. The molecule has 0 bridgehead atoms. The number of nitrogens with zero attached hydrogens (tertiary/aromatic N) is 1. The molecule has 1 aromatic rings. The van der Waals surface area contributed by atoms with Gasteiger partial charge in [-0.05, 0) is 30.0 Å². The number of carbonyl (C=O) groups excluding carboxylic acids is 2. The molecule has 1 heterocycles. The predicted molar refractivity (Wildman–Crippen MR) is 84.0 cm³/mol. The normalized spacial score (nSPS) is 17.7. The van der Waals surface area contributed by atoms with Gasteiger partial charge in [0.25, 0.3) is 0 Å². The first-order valence-electron chi connectivity index (χ1n) is 7.75. The number of hydrogen-bond acceptors (Lipinski definition) is 4. The molecule has 1 aliphatic heterocycles. The number of benzene rings is 1. The van der Waals surface area contributed by atoms with Gasteiger partial charge in [-0.1, -0.05) is 32.9 Å². The van der Waals surface area contributed by atoms with Crippen molar-refractivity contribution in [1.82, 2.24) is 0 Å². The van der Waals surface area contributed by atoms with Crippen LogP contribution in [0.15, 0.2) is 24.3 Å². The van der Waals surface area contributed by atoms with Gasteiger partial charge >= 0.3 is 12.1 Å². The summed E-state index contributed by atoms with van der Waals surface area (Å²) in [7, 11) is 0. The van der Waals surface area contributed by atoms with E-state index < -0.39 is 12.2 Å². The minimum absolute atomic E-state index is 0.116. The average Bonchev–Trinajstić information content (AvgIpc) is 2.86. The van der Waals surface area contributed by atoms with Crippen molar-refractivity contribution in [1.29, 1.82) is 0 Å². The van der Waals surface area contributed by atoms with E-state index in [0.717, 1.165) is 12.1 Å². The van der Waals surface area contributed by atoms with Crippen LogP contribution in [0.25, 0.3) is 0 Å². The van der Waals surface area contributed by atoms with Crippen LogP contribution in [-0.2, 0) is 14.3 Å². The molecule has 1 unspecified atom stereocenters. The van der Waals surface area contributed by atoms with Gasteiger partial charge in [-0.3, -0.25) is 9.69 Å². The summed E-state index contributed by atoms with van der Waals surface area (Å²) in [6.07, 6.45) is 0.338. The number of carbonyl (C=O) groups is 2. The van der Waals surface area contributed by atoms with E-state index in [1.807, 2.05) is 31.2 Å². The van der Waals surface area contributed by atoms with Crippen LogP contribution in [0.5, 0.6) is 0 Å². The zero-order chi connectivity index (χ0) is 16.1. The van der Waals surface area contributed by atoms with Crippen LogP contribution in [0.2, 0.25) is 0 Å². The largest absolute Gasteiger partial charge is 0.462 e. The predicted octanol–water partition coefficient (Wildman–Crippen LogP) is 3.48. The number of hydrogen-bond donors (Lipinski definition) is 0. The highest BCUT2D eigenvalue weighted by molar-refractivity contribution is 5.89. The van der Waals surface area contributed by atoms with Crippen LogP contribution in [0.4, 0.5) is 10.5 Å². The third-order valence-corrected chi connectivity index (χ3v) is 3.63. The highest BCUT2D eigenvalue weighted by Crippen LogP contribution is 2.24. The van der Waals surface area contributed by atoms with Crippen LogP contribution in [0, 0.1) is 0 Å². The lowest BCUT2D eigenvalue weighted by molar-refractivity contribution is -0.146. The maximum absolute atomic E-state index is 11.9. The van der Waals surface area contributed by atoms with Crippen LogP contribution >= 0.6 is 0 Å². The van der Waals surface area contributed by atoms with Crippen molar-refractivity contribution in [3.05, 3.63) is 29.8 Å². The molecule has 1 atom stereocenters. The second-order valence-corrected chi connectivity index (χ2v) is 5.80. The van der Waals surface area contributed by atoms with E-state index in [-0.39, 0.29) is 12.6 Å². The van der Waals surface area contributed by atoms with E-state index >= 15 is 0 Å². The topological polar surface area (TPSA) is 55.8 Å². The lowest BCUT2D eigenvalue weighted by Gasteiger charge is -2.14. The molecule has 0 N–H and O–H groups in total. The Kier molecular flexibility index (Phi) is 5.41. The van der Waals surface area contributed by atoms with Gasteiger partial charge < -0.3 is 9.47 Å². The van der Waals surface area contributed by atoms with Crippen molar-refractivity contribution < 1.29 is 19.1 Å². The molecule has 5 heteroatoms. The van der Waals surface area contributed by atoms with Crippen molar-refractivity contribution in [3.8, 4) is 0 Å². The molecule has 1 saturated heterocycles.